The van der Waals surface area contributed by atoms with Crippen molar-refractivity contribution in [3.63, 3.8) is 0 Å². The summed E-state index contributed by atoms with van der Waals surface area (Å²) >= 11 is 2.00. The maximum Gasteiger partial charge on any atom is 0.243 e. The van der Waals surface area contributed by atoms with Crippen molar-refractivity contribution in [3.8, 4) is 0 Å². The van der Waals surface area contributed by atoms with Crippen molar-refractivity contribution in [2.75, 3.05) is 39.5 Å². The van der Waals surface area contributed by atoms with Gasteiger partial charge in [0.2, 0.25) is 5.91 Å². The largest absolute Gasteiger partial charge is 0.355 e. The third kappa shape index (κ3) is 8.26. The van der Waals surface area contributed by atoms with Gasteiger partial charge < -0.3 is 15.5 Å². The summed E-state index contributed by atoms with van der Waals surface area (Å²) < 4.78 is 0.261. The van der Waals surface area contributed by atoms with Crippen molar-refractivity contribution < 1.29 is 4.79 Å². The van der Waals surface area contributed by atoms with Crippen LogP contribution in [-0.2, 0) is 4.79 Å². The first kappa shape index (κ1) is 21.6. The minimum atomic E-state index is -0.00659. The van der Waals surface area contributed by atoms with Gasteiger partial charge in [-0.1, -0.05) is 12.2 Å². The number of carbonyl (C=O) groups excluding carboxylic acids is 1. The quantitative estimate of drug-likeness (QED) is 0.288. The molecule has 1 fully saturated rings. The fraction of sp³-hybridized carbons (Fsp3) is 0.733. The van der Waals surface area contributed by atoms with E-state index in [1.54, 1.807) is 19.0 Å². The number of aliphatic imine (C=N–C) groups is 1. The maximum absolute atomic E-state index is 11.7. The van der Waals surface area contributed by atoms with Gasteiger partial charge >= 0.3 is 0 Å². The number of nitrogens with one attached hydrogen (secondary N) is 2. The number of hydrogen-bond acceptors (Lipinski definition) is 3. The van der Waals surface area contributed by atoms with Crippen LogP contribution in [0.15, 0.2) is 17.1 Å². The van der Waals surface area contributed by atoms with Crippen LogP contribution in [0.25, 0.3) is 0 Å². The summed E-state index contributed by atoms with van der Waals surface area (Å²) in [6.45, 7) is 9.79. The molecule has 0 aromatic carbocycles. The second-order valence-corrected chi connectivity index (χ2v) is 7.70. The number of guanidine groups is 1. The summed E-state index contributed by atoms with van der Waals surface area (Å²) in [5.41, 5.74) is 1.03. The number of halogens is 1. The highest BCUT2D eigenvalue weighted by molar-refractivity contribution is 14.0. The van der Waals surface area contributed by atoms with Gasteiger partial charge in [0.15, 0.2) is 5.96 Å². The molecular formula is C15H29IN4OS. The highest BCUT2D eigenvalue weighted by Gasteiger charge is 2.29. The number of amides is 1. The molecule has 1 unspecified atom stereocenters. The zero-order chi connectivity index (χ0) is 15.9. The molecule has 0 aliphatic carbocycles. The lowest BCUT2D eigenvalue weighted by atomic mass is 10.1. The molecule has 22 heavy (non-hydrogen) atoms. The first-order valence-electron chi connectivity index (χ1n) is 7.33. The molecule has 1 amide bonds. The zero-order valence-electron chi connectivity index (χ0n) is 14.1. The summed E-state index contributed by atoms with van der Waals surface area (Å²) in [4.78, 5) is 17.6. The van der Waals surface area contributed by atoms with Crippen molar-refractivity contribution in [3.05, 3.63) is 12.2 Å². The Labute approximate surface area is 155 Å². The Bertz CT molecular complexity index is 406. The number of carbonyl (C=O) groups is 1. The first-order valence-corrected chi connectivity index (χ1v) is 8.32. The second kappa shape index (κ2) is 10.4. The predicted molar refractivity (Wildman–Crippen MR) is 107 cm³/mol. The van der Waals surface area contributed by atoms with E-state index < -0.39 is 0 Å². The Balaban J connectivity index is 0.00000441. The van der Waals surface area contributed by atoms with Crippen molar-refractivity contribution in [2.45, 2.75) is 31.4 Å². The Morgan fingerprint density at radius 2 is 2.09 bits per heavy atom. The third-order valence-corrected chi connectivity index (χ3v) is 4.90. The Hall–Kier alpha value is -0.440. The van der Waals surface area contributed by atoms with Crippen molar-refractivity contribution in [1.82, 2.24) is 15.5 Å². The molecule has 128 valence electrons. The van der Waals surface area contributed by atoms with Crippen LogP contribution in [0.1, 0.15) is 26.7 Å². The molecule has 5 nitrogen and oxygen atoms in total. The van der Waals surface area contributed by atoms with E-state index in [-0.39, 0.29) is 41.2 Å². The smallest absolute Gasteiger partial charge is 0.243 e. The van der Waals surface area contributed by atoms with Gasteiger partial charge in [-0.25, -0.2) is 4.99 Å². The number of likely N-dealkylation sites (N-methyl/N-ethyl adjacent to an activating group) is 1. The molecule has 1 aliphatic rings. The maximum atomic E-state index is 11.7. The monoisotopic (exact) mass is 440 g/mol. The van der Waals surface area contributed by atoms with E-state index >= 15 is 0 Å². The summed E-state index contributed by atoms with van der Waals surface area (Å²) in [7, 11) is 3.48. The highest BCUT2D eigenvalue weighted by atomic mass is 127. The van der Waals surface area contributed by atoms with Crippen LogP contribution in [0.2, 0.25) is 0 Å². The van der Waals surface area contributed by atoms with Crippen LogP contribution >= 0.6 is 35.7 Å². The van der Waals surface area contributed by atoms with Gasteiger partial charge in [0.25, 0.3) is 0 Å². The molecule has 0 aromatic heterocycles. The molecule has 0 spiro atoms. The van der Waals surface area contributed by atoms with E-state index in [1.165, 1.54) is 18.6 Å². The van der Waals surface area contributed by atoms with Gasteiger partial charge in [-0.3, -0.25) is 4.79 Å². The topological polar surface area (TPSA) is 56.7 Å². The lowest BCUT2D eigenvalue weighted by Crippen LogP contribution is -2.44. The molecule has 2 N–H and O–H groups in total. The molecule has 0 bridgehead atoms. The summed E-state index contributed by atoms with van der Waals surface area (Å²) in [6, 6.07) is 0. The van der Waals surface area contributed by atoms with E-state index in [0.29, 0.717) is 12.5 Å². The number of thioether (sulfide) groups is 1. The highest BCUT2D eigenvalue weighted by Crippen LogP contribution is 2.36. The second-order valence-electron chi connectivity index (χ2n) is 6.02. The molecule has 1 aliphatic heterocycles. The van der Waals surface area contributed by atoms with E-state index in [1.807, 2.05) is 18.7 Å². The number of rotatable bonds is 6. The van der Waals surface area contributed by atoms with Crippen LogP contribution in [0.3, 0.4) is 0 Å². The molecule has 0 saturated carbocycles. The Morgan fingerprint density at radius 3 is 2.59 bits per heavy atom. The van der Waals surface area contributed by atoms with Gasteiger partial charge in [0, 0.05) is 31.9 Å². The van der Waals surface area contributed by atoms with Crippen LogP contribution < -0.4 is 10.6 Å². The predicted octanol–water partition coefficient (Wildman–Crippen LogP) is 2.09. The van der Waals surface area contributed by atoms with Crippen LogP contribution in [0.5, 0.6) is 0 Å². The number of nitrogens with zero attached hydrogens (tertiary/aromatic N) is 2. The molecule has 1 atom stereocenters. The van der Waals surface area contributed by atoms with Crippen molar-refractivity contribution in [2.24, 2.45) is 4.99 Å². The molecule has 7 heteroatoms. The summed E-state index contributed by atoms with van der Waals surface area (Å²) in [5.74, 6) is 1.90. The van der Waals surface area contributed by atoms with E-state index in [4.69, 9.17) is 0 Å². The van der Waals surface area contributed by atoms with Crippen LogP contribution in [0, 0.1) is 0 Å². The SMILES string of the molecule is C=C(C)CNC(=NCC(=O)N(C)C)NCC1(C)CCCS1.I. The average Bonchev–Trinajstić information content (AvgIpc) is 2.84. The number of hydrogen-bond donors (Lipinski definition) is 2. The minimum Gasteiger partial charge on any atom is -0.355 e. The van der Waals surface area contributed by atoms with Gasteiger partial charge in [-0.2, -0.15) is 11.8 Å². The molecule has 0 radical (unpaired) electrons. The normalized spacial score (nSPS) is 21.0. The lowest BCUT2D eigenvalue weighted by molar-refractivity contribution is -0.127. The lowest BCUT2D eigenvalue weighted by Gasteiger charge is -2.24. The first-order chi connectivity index (χ1) is 9.82. The third-order valence-electron chi connectivity index (χ3n) is 3.36. The summed E-state index contributed by atoms with van der Waals surface area (Å²) in [5, 5.41) is 6.57. The van der Waals surface area contributed by atoms with Gasteiger partial charge in [-0.05, 0) is 32.4 Å². The fourth-order valence-corrected chi connectivity index (χ4v) is 3.19. The fourth-order valence-electron chi connectivity index (χ4n) is 1.94. The van der Waals surface area contributed by atoms with Gasteiger partial charge in [0.05, 0.1) is 0 Å². The standard InChI is InChI=1S/C15H28N4OS.HI/c1-12(2)9-16-14(17-10-13(20)19(4)5)18-11-15(3)7-6-8-21-15;/h1,6-11H2,2-5H3,(H2,16,17,18);1H. The van der Waals surface area contributed by atoms with E-state index in [9.17, 15) is 4.79 Å². The van der Waals surface area contributed by atoms with Crippen molar-refractivity contribution in [1.29, 1.82) is 0 Å². The minimum absolute atomic E-state index is 0. The van der Waals surface area contributed by atoms with Crippen LogP contribution in [0.4, 0.5) is 0 Å². The summed E-state index contributed by atoms with van der Waals surface area (Å²) in [6.07, 6.45) is 2.49. The van der Waals surface area contributed by atoms with E-state index in [0.717, 1.165) is 12.1 Å². The van der Waals surface area contributed by atoms with Crippen LogP contribution in [-0.4, -0.2) is 61.0 Å². The Morgan fingerprint density at radius 1 is 1.41 bits per heavy atom. The molecule has 1 rings (SSSR count). The van der Waals surface area contributed by atoms with Gasteiger partial charge in [0.1, 0.15) is 6.54 Å². The van der Waals surface area contributed by atoms with E-state index in [2.05, 4.69) is 29.1 Å². The average molecular weight is 440 g/mol. The van der Waals surface area contributed by atoms with Gasteiger partial charge in [-0.15, -0.1) is 24.0 Å². The molecule has 0 aromatic rings. The zero-order valence-corrected chi connectivity index (χ0v) is 17.2. The Kier molecular flexibility index (Phi) is 10.1. The van der Waals surface area contributed by atoms with Crippen molar-refractivity contribution >= 4 is 47.6 Å². The molecular weight excluding hydrogens is 411 g/mol. The molecule has 1 saturated heterocycles. The molecule has 1 heterocycles.